The zero-order valence-corrected chi connectivity index (χ0v) is 31.8. The largest absolute Gasteiger partial charge is 1.00 e. The maximum atomic E-state index is 12.5. The maximum absolute atomic E-state index is 12.5. The minimum Gasteiger partial charge on any atom is -1.00 e. The molecule has 0 aliphatic heterocycles. The van der Waals surface area contributed by atoms with E-state index in [1.807, 2.05) is 36.7 Å². The predicted octanol–water partition coefficient (Wildman–Crippen LogP) is 0.365. The number of nitrogens with one attached hydrogen (secondary N) is 1. The van der Waals surface area contributed by atoms with Crippen LogP contribution in [0.5, 0.6) is 0 Å². The van der Waals surface area contributed by atoms with Crippen LogP contribution >= 0.6 is 31.9 Å². The van der Waals surface area contributed by atoms with Crippen LogP contribution in [0.3, 0.4) is 0 Å². The molecule has 2 fully saturated rings. The van der Waals surface area contributed by atoms with Crippen molar-refractivity contribution in [3.8, 4) is 11.8 Å². The van der Waals surface area contributed by atoms with E-state index in [9.17, 15) is 4.39 Å². The van der Waals surface area contributed by atoms with Crippen LogP contribution in [0.2, 0.25) is 0 Å². The Morgan fingerprint density at radius 2 is 1.76 bits per heavy atom. The summed E-state index contributed by atoms with van der Waals surface area (Å²) in [5.74, 6) is 0.978. The topological polar surface area (TPSA) is 124 Å². The van der Waals surface area contributed by atoms with Crippen LogP contribution in [0.4, 0.5) is 10.1 Å². The van der Waals surface area contributed by atoms with Gasteiger partial charge in [0.2, 0.25) is 5.69 Å². The van der Waals surface area contributed by atoms with E-state index in [1.165, 1.54) is 43.5 Å². The van der Waals surface area contributed by atoms with E-state index < -0.39 is 5.82 Å². The molecule has 0 amide bonds. The van der Waals surface area contributed by atoms with Crippen LogP contribution in [0, 0.1) is 23.7 Å². The standard InChI is InChI=1S/C13H10BrN3.C7H3BrFN.C6H8N2.CH2O3.2K.H/c1-15-12-8-10(14)4-5-13(12)17-7-6-11(16-17)9-2-3-9;8-6-1-2-7(9)5(3-6)4-10;1-2-5(1)6-3-4-7-8-6;2-1-4-3;;;/h4-9H,2-3H2;1-3H;3-5H,1-2H2,(H,7,8);1,3H;;;/q;;;;2*+1;-1/p-1. The Bertz CT molecular complexity index is 1470. The summed E-state index contributed by atoms with van der Waals surface area (Å²) in [6, 6.07) is 15.7. The van der Waals surface area contributed by atoms with Crippen LogP contribution in [0.25, 0.3) is 10.5 Å². The van der Waals surface area contributed by atoms with E-state index in [4.69, 9.17) is 21.9 Å². The molecule has 14 heteroatoms. The van der Waals surface area contributed by atoms with Crippen molar-refractivity contribution in [2.75, 3.05) is 0 Å². The molecule has 2 aliphatic carbocycles. The number of nitrogens with zero attached hydrogens (tertiary/aromatic N) is 5. The fourth-order valence-electron chi connectivity index (χ4n) is 3.32. The molecule has 0 radical (unpaired) electrons. The van der Waals surface area contributed by atoms with Crippen LogP contribution in [0.1, 0.15) is 55.9 Å². The zero-order valence-electron chi connectivity index (χ0n) is 23.4. The molecule has 6 rings (SSSR count). The predicted molar refractivity (Wildman–Crippen MR) is 147 cm³/mol. The minimum atomic E-state index is -0.481. The van der Waals surface area contributed by atoms with Gasteiger partial charge in [-0.25, -0.2) is 9.24 Å². The first kappa shape index (κ1) is 38.5. The summed E-state index contributed by atoms with van der Waals surface area (Å²) in [7, 11) is 0. The number of hydrogen-bond acceptors (Lipinski definition) is 6. The summed E-state index contributed by atoms with van der Waals surface area (Å²) in [4.78, 5) is 14.8. The van der Waals surface area contributed by atoms with Crippen LogP contribution < -0.4 is 108 Å². The number of carbonyl (C=O) groups excluding carboxylic acids is 1. The molecular weight excluding hydrogens is 713 g/mol. The van der Waals surface area contributed by atoms with Gasteiger partial charge in [-0.05, 0) is 74.2 Å². The molecule has 0 saturated heterocycles. The number of aromatic amines is 1. The summed E-state index contributed by atoms with van der Waals surface area (Å²) in [6.45, 7) is 7.02. The zero-order chi connectivity index (χ0) is 28.2. The van der Waals surface area contributed by atoms with Gasteiger partial charge in [0.1, 0.15) is 11.9 Å². The molecule has 2 aromatic carbocycles. The van der Waals surface area contributed by atoms with Gasteiger partial charge < -0.3 is 11.6 Å². The SMILES string of the molecule is N#Cc1cc(Br)ccc1F.O=CO[O-].[C-]#[N+]c1cc(Br)ccc1-n1ccc(C2CC2)n1.[H-].[K+].[K+].c1cc(C2CC2)[nH]n1. The Labute approximate surface area is 340 Å². The van der Waals surface area contributed by atoms with E-state index >= 15 is 0 Å². The molecule has 2 saturated carbocycles. The molecular formula is C27H23Br2FK2N6O3. The fourth-order valence-corrected chi connectivity index (χ4v) is 4.03. The first-order valence-electron chi connectivity index (χ1n) is 11.7. The molecule has 0 unspecified atom stereocenters. The van der Waals surface area contributed by atoms with Crippen molar-refractivity contribution >= 4 is 44.0 Å². The average Bonchev–Trinajstić information content (AvgIpc) is 3.89. The van der Waals surface area contributed by atoms with Gasteiger partial charge in [0, 0.05) is 38.9 Å². The van der Waals surface area contributed by atoms with Gasteiger partial charge in [-0.1, -0.05) is 31.9 Å². The van der Waals surface area contributed by atoms with Crippen molar-refractivity contribution in [2.24, 2.45) is 0 Å². The Kier molecular flexibility index (Phi) is 19.1. The molecule has 1 N–H and O–H groups in total. The van der Waals surface area contributed by atoms with Crippen molar-refractivity contribution in [1.82, 2.24) is 20.0 Å². The number of halogens is 3. The van der Waals surface area contributed by atoms with Crippen LogP contribution in [0.15, 0.2) is 69.9 Å². The van der Waals surface area contributed by atoms with Crippen molar-refractivity contribution in [2.45, 2.75) is 37.5 Å². The number of rotatable bonds is 4. The minimum absolute atomic E-state index is 0. The second kappa shape index (κ2) is 20.4. The molecule has 41 heavy (non-hydrogen) atoms. The summed E-state index contributed by atoms with van der Waals surface area (Å²) in [6.07, 6.45) is 8.93. The normalized spacial score (nSPS) is 12.4. The van der Waals surface area contributed by atoms with Gasteiger partial charge >= 0.3 is 103 Å². The Morgan fingerprint density at radius 1 is 1.12 bits per heavy atom. The van der Waals surface area contributed by atoms with Crippen LogP contribution in [-0.2, 0) is 9.68 Å². The molecule has 0 spiro atoms. The molecule has 202 valence electrons. The van der Waals surface area contributed by atoms with E-state index in [1.54, 1.807) is 16.8 Å². The van der Waals surface area contributed by atoms with Gasteiger partial charge in [-0.3, -0.25) is 14.6 Å². The third-order valence-electron chi connectivity index (χ3n) is 5.54. The van der Waals surface area contributed by atoms with Crippen molar-refractivity contribution in [1.29, 1.82) is 5.26 Å². The third-order valence-corrected chi connectivity index (χ3v) is 6.52. The molecule has 9 nitrogen and oxygen atoms in total. The van der Waals surface area contributed by atoms with E-state index in [0.717, 1.165) is 21.8 Å². The summed E-state index contributed by atoms with van der Waals surface area (Å²) in [5, 5.41) is 28.1. The number of carbonyl (C=O) groups is 1. The second-order valence-electron chi connectivity index (χ2n) is 8.42. The monoisotopic (exact) mass is 734 g/mol. The molecule has 4 aromatic rings. The number of nitriles is 1. The van der Waals surface area contributed by atoms with Gasteiger partial charge in [0.15, 0.2) is 0 Å². The summed E-state index contributed by atoms with van der Waals surface area (Å²) < 4.78 is 16.0. The molecule has 2 heterocycles. The van der Waals surface area contributed by atoms with Crippen molar-refractivity contribution in [3.05, 3.63) is 104 Å². The number of aromatic nitrogens is 4. The smallest absolute Gasteiger partial charge is 1.00 e. The first-order valence-corrected chi connectivity index (χ1v) is 13.3. The van der Waals surface area contributed by atoms with Gasteiger partial charge in [-0.2, -0.15) is 15.5 Å². The van der Waals surface area contributed by atoms with Gasteiger partial charge in [-0.15, -0.1) is 0 Å². The number of benzene rings is 2. The average molecular weight is 737 g/mol. The van der Waals surface area contributed by atoms with E-state index in [-0.39, 0.29) is 116 Å². The summed E-state index contributed by atoms with van der Waals surface area (Å²) >= 11 is 6.49. The summed E-state index contributed by atoms with van der Waals surface area (Å²) in [5.41, 5.74) is 3.98. The molecule has 0 atom stereocenters. The quantitative estimate of drug-likeness (QED) is 0.106. The number of H-pyrrole nitrogens is 1. The first-order chi connectivity index (χ1) is 18.9. The van der Waals surface area contributed by atoms with Crippen molar-refractivity contribution < 1.29 is 124 Å². The number of hydrogen-bond donors (Lipinski definition) is 1. The molecule has 2 aromatic heterocycles. The van der Waals surface area contributed by atoms with Gasteiger partial charge in [0.05, 0.1) is 23.5 Å². The molecule has 2 aliphatic rings. The Morgan fingerprint density at radius 3 is 2.27 bits per heavy atom. The molecule has 0 bridgehead atoms. The van der Waals surface area contributed by atoms with Gasteiger partial charge in [0.25, 0.3) is 6.47 Å². The Hall–Kier alpha value is -0.567. The Balaban J connectivity index is 0.000000581. The maximum Gasteiger partial charge on any atom is 1.00 e. The third kappa shape index (κ3) is 13.3. The van der Waals surface area contributed by atoms with Crippen LogP contribution in [-0.4, -0.2) is 26.5 Å². The van der Waals surface area contributed by atoms with Crippen molar-refractivity contribution in [3.63, 3.8) is 0 Å². The second-order valence-corrected chi connectivity index (χ2v) is 10.3. The van der Waals surface area contributed by atoms with E-state index in [2.05, 4.69) is 63.0 Å². The van der Waals surface area contributed by atoms with E-state index in [0.29, 0.717) is 16.1 Å². The fraction of sp³-hybridized carbons (Fsp3) is 0.222.